The first-order valence-electron chi connectivity index (χ1n) is 8.92. The van der Waals surface area contributed by atoms with E-state index in [-0.39, 0.29) is 18.2 Å². The summed E-state index contributed by atoms with van der Waals surface area (Å²) in [6.45, 7) is 1.90. The lowest BCUT2D eigenvalue weighted by Crippen LogP contribution is -2.30. The number of fused-ring (bicyclic) bond motifs is 1. The summed E-state index contributed by atoms with van der Waals surface area (Å²) < 4.78 is 4.50. The van der Waals surface area contributed by atoms with Crippen molar-refractivity contribution < 1.29 is 14.3 Å². The number of carbonyl (C=O) groups excluding carboxylic acids is 2. The van der Waals surface area contributed by atoms with Crippen LogP contribution in [0.3, 0.4) is 0 Å². The highest BCUT2D eigenvalue weighted by Crippen LogP contribution is 2.26. The van der Waals surface area contributed by atoms with E-state index in [1.54, 1.807) is 0 Å². The maximum Gasteiger partial charge on any atom is 0.325 e. The van der Waals surface area contributed by atoms with Crippen LogP contribution in [0.2, 0.25) is 0 Å². The van der Waals surface area contributed by atoms with Crippen molar-refractivity contribution in [3.05, 3.63) is 46.7 Å². The van der Waals surface area contributed by atoms with Gasteiger partial charge in [-0.15, -0.1) is 0 Å². The van der Waals surface area contributed by atoms with Gasteiger partial charge >= 0.3 is 5.97 Å². The standard InChI is InChI=1S/C20H25N3O3/c1-3-18(16-9-8-14-6-4-5-7-15(14)10-16)23-20(25)17(11-21)12-22-13-19(24)26-2/h8-10,12,18,22H,3-7,13H2,1-2H3,(H,23,25)/b17-12-. The molecule has 1 aromatic rings. The monoisotopic (exact) mass is 355 g/mol. The lowest BCUT2D eigenvalue weighted by molar-refractivity contribution is -0.139. The predicted octanol–water partition coefficient (Wildman–Crippen LogP) is 2.30. The molecule has 1 atom stereocenters. The number of rotatable bonds is 7. The lowest BCUT2D eigenvalue weighted by atomic mass is 9.88. The SMILES string of the molecule is CCC(NC(=O)/C(C#N)=C\NCC(=O)OC)c1ccc2c(c1)CCCC2. The maximum atomic E-state index is 12.4. The molecule has 0 saturated heterocycles. The minimum atomic E-state index is -0.473. The van der Waals surface area contributed by atoms with Gasteiger partial charge in [0.05, 0.1) is 13.2 Å². The number of aryl methyl sites for hydroxylation is 2. The second-order valence-corrected chi connectivity index (χ2v) is 6.30. The second-order valence-electron chi connectivity index (χ2n) is 6.30. The first-order chi connectivity index (χ1) is 12.6. The summed E-state index contributed by atoms with van der Waals surface area (Å²) in [4.78, 5) is 23.5. The summed E-state index contributed by atoms with van der Waals surface area (Å²) in [5.41, 5.74) is 3.73. The van der Waals surface area contributed by atoms with Crippen molar-refractivity contribution in [1.82, 2.24) is 10.6 Å². The summed E-state index contributed by atoms with van der Waals surface area (Å²) >= 11 is 0. The summed E-state index contributed by atoms with van der Waals surface area (Å²) in [6, 6.07) is 8.08. The Morgan fingerprint density at radius 1 is 1.31 bits per heavy atom. The molecule has 138 valence electrons. The molecule has 0 aromatic heterocycles. The van der Waals surface area contributed by atoms with Gasteiger partial charge < -0.3 is 15.4 Å². The van der Waals surface area contributed by atoms with E-state index >= 15 is 0 Å². The van der Waals surface area contributed by atoms with E-state index in [2.05, 4.69) is 33.6 Å². The molecule has 1 aliphatic rings. The fraction of sp³-hybridized carbons (Fsp3) is 0.450. The van der Waals surface area contributed by atoms with Gasteiger partial charge in [0.15, 0.2) is 0 Å². The molecule has 0 radical (unpaired) electrons. The zero-order valence-corrected chi connectivity index (χ0v) is 15.3. The largest absolute Gasteiger partial charge is 0.468 e. The van der Waals surface area contributed by atoms with E-state index in [0.29, 0.717) is 0 Å². The van der Waals surface area contributed by atoms with Crippen LogP contribution in [0.25, 0.3) is 0 Å². The summed E-state index contributed by atoms with van der Waals surface area (Å²) in [6.07, 6.45) is 6.59. The molecule has 2 rings (SSSR count). The van der Waals surface area contributed by atoms with E-state index in [9.17, 15) is 14.9 Å². The number of esters is 1. The molecule has 1 aromatic carbocycles. The van der Waals surface area contributed by atoms with Crippen molar-refractivity contribution in [2.75, 3.05) is 13.7 Å². The van der Waals surface area contributed by atoms with Crippen LogP contribution in [0.4, 0.5) is 0 Å². The second kappa shape index (κ2) is 9.62. The first-order valence-corrected chi connectivity index (χ1v) is 8.92. The molecular weight excluding hydrogens is 330 g/mol. The van der Waals surface area contributed by atoms with Gasteiger partial charge in [0.2, 0.25) is 0 Å². The van der Waals surface area contributed by atoms with E-state index < -0.39 is 11.9 Å². The number of nitrogens with zero attached hydrogens (tertiary/aromatic N) is 1. The number of hydrogen-bond donors (Lipinski definition) is 2. The first kappa shape index (κ1) is 19.5. The summed E-state index contributed by atoms with van der Waals surface area (Å²) in [7, 11) is 1.27. The molecule has 0 heterocycles. The molecule has 1 unspecified atom stereocenters. The average Bonchev–Trinajstić information content (AvgIpc) is 2.68. The van der Waals surface area contributed by atoms with Gasteiger partial charge in [-0.2, -0.15) is 5.26 Å². The third-order valence-electron chi connectivity index (χ3n) is 4.57. The van der Waals surface area contributed by atoms with Gasteiger partial charge in [-0.3, -0.25) is 9.59 Å². The molecule has 0 fully saturated rings. The van der Waals surface area contributed by atoms with Crippen LogP contribution in [0.1, 0.15) is 48.9 Å². The minimum absolute atomic E-state index is 0.0784. The van der Waals surface area contributed by atoms with Gasteiger partial charge in [-0.1, -0.05) is 25.1 Å². The number of amides is 1. The number of ether oxygens (including phenoxy) is 1. The smallest absolute Gasteiger partial charge is 0.325 e. The molecule has 0 aliphatic heterocycles. The van der Waals surface area contributed by atoms with Crippen molar-refractivity contribution >= 4 is 11.9 Å². The summed E-state index contributed by atoms with van der Waals surface area (Å²) in [5.74, 6) is -0.936. The predicted molar refractivity (Wildman–Crippen MR) is 98.0 cm³/mol. The number of nitrogens with one attached hydrogen (secondary N) is 2. The van der Waals surface area contributed by atoms with Gasteiger partial charge in [0, 0.05) is 6.20 Å². The highest BCUT2D eigenvalue weighted by atomic mass is 16.5. The van der Waals surface area contributed by atoms with Crippen LogP contribution in [0.5, 0.6) is 0 Å². The number of nitriles is 1. The van der Waals surface area contributed by atoms with Crippen LogP contribution >= 0.6 is 0 Å². The van der Waals surface area contributed by atoms with Crippen molar-refractivity contribution in [3.63, 3.8) is 0 Å². The number of hydrogen-bond acceptors (Lipinski definition) is 5. The van der Waals surface area contributed by atoms with Crippen LogP contribution < -0.4 is 10.6 Å². The fourth-order valence-corrected chi connectivity index (χ4v) is 3.08. The molecule has 6 nitrogen and oxygen atoms in total. The highest BCUT2D eigenvalue weighted by Gasteiger charge is 2.18. The Balaban J connectivity index is 2.06. The number of benzene rings is 1. The zero-order valence-electron chi connectivity index (χ0n) is 15.3. The molecule has 1 amide bonds. The average molecular weight is 355 g/mol. The Labute approximate surface area is 154 Å². The van der Waals surface area contributed by atoms with E-state index in [4.69, 9.17) is 0 Å². The third-order valence-corrected chi connectivity index (χ3v) is 4.57. The topological polar surface area (TPSA) is 91.2 Å². The van der Waals surface area contributed by atoms with Crippen molar-refractivity contribution in [2.45, 2.75) is 45.1 Å². The molecule has 1 aliphatic carbocycles. The van der Waals surface area contributed by atoms with Crippen molar-refractivity contribution in [2.24, 2.45) is 0 Å². The molecule has 0 bridgehead atoms. The maximum absolute atomic E-state index is 12.4. The highest BCUT2D eigenvalue weighted by molar-refractivity contribution is 5.97. The molecule has 0 saturated carbocycles. The Hall–Kier alpha value is -2.81. The Kier molecular flexibility index (Phi) is 7.22. The van der Waals surface area contributed by atoms with Crippen LogP contribution in [0.15, 0.2) is 30.0 Å². The van der Waals surface area contributed by atoms with E-state index in [1.807, 2.05) is 13.0 Å². The van der Waals surface area contributed by atoms with Crippen LogP contribution in [-0.4, -0.2) is 25.5 Å². The van der Waals surface area contributed by atoms with Gasteiger partial charge in [0.1, 0.15) is 18.2 Å². The normalized spacial score (nSPS) is 14.6. The van der Waals surface area contributed by atoms with Gasteiger partial charge in [0.25, 0.3) is 5.91 Å². The molecule has 26 heavy (non-hydrogen) atoms. The van der Waals surface area contributed by atoms with Crippen LogP contribution in [-0.2, 0) is 27.2 Å². The minimum Gasteiger partial charge on any atom is -0.468 e. The number of carbonyl (C=O) groups is 2. The van der Waals surface area contributed by atoms with Crippen LogP contribution in [0, 0.1) is 11.3 Å². The molecular formula is C20H25N3O3. The quantitative estimate of drug-likeness (QED) is 0.445. The van der Waals surface area contributed by atoms with Crippen molar-refractivity contribution in [3.8, 4) is 6.07 Å². The third kappa shape index (κ3) is 5.09. The fourth-order valence-electron chi connectivity index (χ4n) is 3.08. The van der Waals surface area contributed by atoms with Crippen molar-refractivity contribution in [1.29, 1.82) is 5.26 Å². The molecule has 2 N–H and O–H groups in total. The Morgan fingerprint density at radius 3 is 2.69 bits per heavy atom. The summed E-state index contributed by atoms with van der Waals surface area (Å²) in [5, 5.41) is 14.7. The molecule has 0 spiro atoms. The van der Waals surface area contributed by atoms with E-state index in [1.165, 1.54) is 37.3 Å². The number of methoxy groups -OCH3 is 1. The van der Waals surface area contributed by atoms with Gasteiger partial charge in [-0.05, 0) is 48.8 Å². The zero-order chi connectivity index (χ0) is 18.9. The van der Waals surface area contributed by atoms with E-state index in [0.717, 1.165) is 24.8 Å². The Bertz CT molecular complexity index is 734. The lowest BCUT2D eigenvalue weighted by Gasteiger charge is -2.21. The van der Waals surface area contributed by atoms with Gasteiger partial charge in [-0.25, -0.2) is 0 Å². The Morgan fingerprint density at radius 2 is 2.04 bits per heavy atom. The molecule has 6 heteroatoms.